The molecule has 0 amide bonds. The molecule has 0 aliphatic rings. The highest BCUT2D eigenvalue weighted by Crippen LogP contribution is 2.26. The number of aliphatic hydroxyl groups is 1. The molecule has 2 heteroatoms. The fourth-order valence-corrected chi connectivity index (χ4v) is 1.82. The molecule has 0 spiro atoms. The van der Waals surface area contributed by atoms with E-state index in [-0.39, 0.29) is 18.3 Å². The molecule has 1 nitrogen and oxygen atoms in total. The van der Waals surface area contributed by atoms with Crippen LogP contribution in [0.5, 0.6) is 0 Å². The van der Waals surface area contributed by atoms with E-state index in [9.17, 15) is 4.39 Å². The molecule has 0 aromatic heterocycles. The molecule has 1 N–H and O–H groups in total. The van der Waals surface area contributed by atoms with Gasteiger partial charge in [-0.15, -0.1) is 0 Å². The lowest BCUT2D eigenvalue weighted by molar-refractivity contribution is 0.273. The highest BCUT2D eigenvalue weighted by atomic mass is 19.1. The molecule has 0 saturated heterocycles. The van der Waals surface area contributed by atoms with E-state index in [2.05, 4.69) is 0 Å². The summed E-state index contributed by atoms with van der Waals surface area (Å²) in [6.07, 6.45) is 0. The van der Waals surface area contributed by atoms with E-state index in [1.165, 1.54) is 6.07 Å². The van der Waals surface area contributed by atoms with Crippen LogP contribution in [-0.2, 0) is 0 Å². The van der Waals surface area contributed by atoms with Crippen molar-refractivity contribution in [1.82, 2.24) is 0 Å². The van der Waals surface area contributed by atoms with Gasteiger partial charge in [-0.25, -0.2) is 4.39 Å². The van der Waals surface area contributed by atoms with Gasteiger partial charge in [-0.3, -0.25) is 0 Å². The zero-order valence-electron chi connectivity index (χ0n) is 8.57. The lowest BCUT2D eigenvalue weighted by Gasteiger charge is -2.11. The Morgan fingerprint density at radius 2 is 1.80 bits per heavy atom. The second-order valence-corrected chi connectivity index (χ2v) is 3.77. The molecule has 0 aliphatic heterocycles. The lowest BCUT2D eigenvalue weighted by Crippen LogP contribution is -1.99. The summed E-state index contributed by atoms with van der Waals surface area (Å²) in [5.41, 5.74) is 0.995. The van der Waals surface area contributed by atoms with Crippen LogP contribution in [0.25, 0.3) is 10.8 Å². The van der Waals surface area contributed by atoms with Crippen LogP contribution in [0.1, 0.15) is 18.4 Å². The van der Waals surface area contributed by atoms with Gasteiger partial charge < -0.3 is 5.11 Å². The first-order valence-corrected chi connectivity index (χ1v) is 5.02. The van der Waals surface area contributed by atoms with Crippen LogP contribution >= 0.6 is 0 Å². The Hall–Kier alpha value is -1.41. The van der Waals surface area contributed by atoms with E-state index in [0.717, 1.165) is 10.9 Å². The number of aliphatic hydroxyl groups excluding tert-OH is 1. The maximum Gasteiger partial charge on any atom is 0.131 e. The number of hydrogen-bond acceptors (Lipinski definition) is 1. The molecule has 0 heterocycles. The number of halogens is 1. The minimum Gasteiger partial charge on any atom is -0.396 e. The summed E-state index contributed by atoms with van der Waals surface area (Å²) >= 11 is 0. The first-order valence-electron chi connectivity index (χ1n) is 5.02. The van der Waals surface area contributed by atoms with E-state index in [0.29, 0.717) is 5.39 Å². The summed E-state index contributed by atoms with van der Waals surface area (Å²) in [6, 6.07) is 10.6. The highest BCUT2D eigenvalue weighted by Gasteiger charge is 2.09. The van der Waals surface area contributed by atoms with Crippen molar-refractivity contribution in [2.45, 2.75) is 12.8 Å². The summed E-state index contributed by atoms with van der Waals surface area (Å²) in [4.78, 5) is 0. The van der Waals surface area contributed by atoms with Gasteiger partial charge in [0.05, 0.1) is 0 Å². The SMILES string of the molecule is CC(CO)c1cccc2c(F)cccc12. The van der Waals surface area contributed by atoms with Crippen molar-refractivity contribution in [3.63, 3.8) is 0 Å². The minimum atomic E-state index is -0.209. The van der Waals surface area contributed by atoms with Crippen LogP contribution in [0.2, 0.25) is 0 Å². The topological polar surface area (TPSA) is 20.2 Å². The third kappa shape index (κ3) is 1.73. The Morgan fingerprint density at radius 1 is 1.13 bits per heavy atom. The average molecular weight is 204 g/mol. The largest absolute Gasteiger partial charge is 0.396 e. The van der Waals surface area contributed by atoms with Crippen molar-refractivity contribution in [1.29, 1.82) is 0 Å². The van der Waals surface area contributed by atoms with Crippen molar-refractivity contribution in [3.8, 4) is 0 Å². The Kier molecular flexibility index (Phi) is 2.69. The lowest BCUT2D eigenvalue weighted by atomic mass is 9.95. The molecule has 2 aromatic rings. The van der Waals surface area contributed by atoms with Gasteiger partial charge in [0.15, 0.2) is 0 Å². The normalized spacial score (nSPS) is 13.0. The summed E-state index contributed by atoms with van der Waals surface area (Å²) < 4.78 is 13.5. The predicted octanol–water partition coefficient (Wildman–Crippen LogP) is 3.07. The van der Waals surface area contributed by atoms with E-state index in [1.807, 2.05) is 25.1 Å². The summed E-state index contributed by atoms with van der Waals surface area (Å²) in [5.74, 6) is -0.171. The summed E-state index contributed by atoms with van der Waals surface area (Å²) in [6.45, 7) is 2.01. The van der Waals surface area contributed by atoms with E-state index in [1.54, 1.807) is 12.1 Å². The number of fused-ring (bicyclic) bond motifs is 1. The van der Waals surface area contributed by atoms with E-state index < -0.39 is 0 Å². The Labute approximate surface area is 88.2 Å². The molecule has 2 rings (SSSR count). The monoisotopic (exact) mass is 204 g/mol. The molecular weight excluding hydrogens is 191 g/mol. The van der Waals surface area contributed by atoms with Gasteiger partial charge in [0, 0.05) is 17.9 Å². The molecule has 15 heavy (non-hydrogen) atoms. The molecule has 0 aliphatic carbocycles. The number of rotatable bonds is 2. The van der Waals surface area contributed by atoms with Crippen molar-refractivity contribution < 1.29 is 9.50 Å². The van der Waals surface area contributed by atoms with Gasteiger partial charge in [0.2, 0.25) is 0 Å². The molecule has 0 radical (unpaired) electrons. The van der Waals surface area contributed by atoms with E-state index >= 15 is 0 Å². The van der Waals surface area contributed by atoms with Crippen LogP contribution in [0, 0.1) is 5.82 Å². The predicted molar refractivity (Wildman–Crippen MR) is 59.4 cm³/mol. The fraction of sp³-hybridized carbons (Fsp3) is 0.231. The van der Waals surface area contributed by atoms with Crippen molar-refractivity contribution in [3.05, 3.63) is 47.8 Å². The minimum absolute atomic E-state index is 0.0375. The van der Waals surface area contributed by atoms with Crippen molar-refractivity contribution in [2.24, 2.45) is 0 Å². The van der Waals surface area contributed by atoms with Crippen LogP contribution in [-0.4, -0.2) is 11.7 Å². The molecule has 1 atom stereocenters. The fourth-order valence-electron chi connectivity index (χ4n) is 1.82. The van der Waals surface area contributed by atoms with Crippen LogP contribution in [0.4, 0.5) is 4.39 Å². The molecule has 2 aromatic carbocycles. The van der Waals surface area contributed by atoms with Gasteiger partial charge in [-0.05, 0) is 17.0 Å². The van der Waals surface area contributed by atoms with Gasteiger partial charge in [0.25, 0.3) is 0 Å². The molecule has 0 fully saturated rings. The third-order valence-electron chi connectivity index (χ3n) is 2.71. The quantitative estimate of drug-likeness (QED) is 0.797. The molecule has 0 saturated carbocycles. The summed E-state index contributed by atoms with van der Waals surface area (Å²) in [5, 5.41) is 10.6. The third-order valence-corrected chi connectivity index (χ3v) is 2.71. The Balaban J connectivity index is 2.71. The average Bonchev–Trinajstić information content (AvgIpc) is 2.28. The number of benzene rings is 2. The second-order valence-electron chi connectivity index (χ2n) is 3.77. The van der Waals surface area contributed by atoms with Crippen LogP contribution in [0.3, 0.4) is 0 Å². The van der Waals surface area contributed by atoms with Gasteiger partial charge in [-0.2, -0.15) is 0 Å². The standard InChI is InChI=1S/C13H13FO/c1-9(8-15)10-4-2-6-12-11(10)5-3-7-13(12)14/h2-7,9,15H,8H2,1H3. The smallest absolute Gasteiger partial charge is 0.131 e. The Bertz CT molecular complexity index is 479. The van der Waals surface area contributed by atoms with Gasteiger partial charge in [-0.1, -0.05) is 37.3 Å². The van der Waals surface area contributed by atoms with E-state index in [4.69, 9.17) is 5.11 Å². The molecule has 1 unspecified atom stereocenters. The van der Waals surface area contributed by atoms with Crippen LogP contribution in [0.15, 0.2) is 36.4 Å². The van der Waals surface area contributed by atoms with Gasteiger partial charge >= 0.3 is 0 Å². The zero-order chi connectivity index (χ0) is 10.8. The van der Waals surface area contributed by atoms with Crippen molar-refractivity contribution in [2.75, 3.05) is 6.61 Å². The van der Waals surface area contributed by atoms with Gasteiger partial charge in [0.1, 0.15) is 5.82 Å². The Morgan fingerprint density at radius 3 is 2.53 bits per heavy atom. The first-order chi connectivity index (χ1) is 7.24. The van der Waals surface area contributed by atoms with Crippen LogP contribution < -0.4 is 0 Å². The second kappa shape index (κ2) is 3.99. The summed E-state index contributed by atoms with van der Waals surface area (Å²) in [7, 11) is 0. The zero-order valence-corrected chi connectivity index (χ0v) is 8.57. The highest BCUT2D eigenvalue weighted by molar-refractivity contribution is 5.86. The maximum atomic E-state index is 13.5. The molecular formula is C13H13FO. The maximum absolute atomic E-state index is 13.5. The first kappa shape index (κ1) is 10.1. The van der Waals surface area contributed by atoms with Crippen molar-refractivity contribution >= 4 is 10.8 Å². The molecule has 78 valence electrons. The number of hydrogen-bond donors (Lipinski definition) is 1. The molecule has 0 bridgehead atoms.